The molecule has 1 aliphatic heterocycles. The van der Waals surface area contributed by atoms with E-state index in [0.717, 1.165) is 10.3 Å². The van der Waals surface area contributed by atoms with Crippen LogP contribution in [-0.4, -0.2) is 4.43 Å². The van der Waals surface area contributed by atoms with Crippen LogP contribution < -0.4 is 26.9 Å². The fraction of sp³-hybridized carbons (Fsp3) is 0.455. The fourth-order valence-corrected chi connectivity index (χ4v) is 3.10. The standard InChI is InChI=1S/C11H15IN/c1-2-11(13)9-5-3-4-8(6-9)10-7-12-10/h3-6,10-11H,2,7,13H2,1H3/q-1. The third-order valence-corrected chi connectivity index (χ3v) is 4.93. The van der Waals surface area contributed by atoms with E-state index in [1.165, 1.54) is 15.6 Å². The summed E-state index contributed by atoms with van der Waals surface area (Å²) in [5, 5.41) is 0. The Morgan fingerprint density at radius 3 is 3.00 bits per heavy atom. The molecular formula is C11H15IN-. The molecule has 1 aromatic carbocycles. The Kier molecular flexibility index (Phi) is 2.89. The van der Waals surface area contributed by atoms with Gasteiger partial charge in [-0.3, -0.25) is 0 Å². The van der Waals surface area contributed by atoms with E-state index >= 15 is 0 Å². The van der Waals surface area contributed by atoms with Crippen molar-refractivity contribution in [2.75, 3.05) is 4.43 Å². The second-order valence-electron chi connectivity index (χ2n) is 3.46. The zero-order valence-electron chi connectivity index (χ0n) is 7.83. The summed E-state index contributed by atoms with van der Waals surface area (Å²) in [6.45, 7) is 2.14. The van der Waals surface area contributed by atoms with Gasteiger partial charge in [0.05, 0.1) is 0 Å². The molecule has 2 rings (SSSR count). The van der Waals surface area contributed by atoms with Gasteiger partial charge in [0.1, 0.15) is 0 Å². The molecule has 0 spiro atoms. The van der Waals surface area contributed by atoms with E-state index in [2.05, 4.69) is 31.2 Å². The van der Waals surface area contributed by atoms with Crippen LogP contribution in [0.15, 0.2) is 24.3 Å². The predicted octanol–water partition coefficient (Wildman–Crippen LogP) is -0.760. The number of rotatable bonds is 3. The number of nitrogens with two attached hydrogens (primary N) is 1. The molecule has 2 unspecified atom stereocenters. The van der Waals surface area contributed by atoms with Crippen molar-refractivity contribution in [3.05, 3.63) is 35.4 Å². The molecule has 1 aliphatic rings. The number of alkyl halides is 2. The van der Waals surface area contributed by atoms with Gasteiger partial charge in [0, 0.05) is 0 Å². The second-order valence-corrected chi connectivity index (χ2v) is 6.73. The molecule has 1 heterocycles. The van der Waals surface area contributed by atoms with Crippen LogP contribution in [0.2, 0.25) is 0 Å². The van der Waals surface area contributed by atoms with E-state index in [1.807, 2.05) is 0 Å². The van der Waals surface area contributed by atoms with Crippen LogP contribution in [0.4, 0.5) is 0 Å². The predicted molar refractivity (Wildman–Crippen MR) is 51.3 cm³/mol. The van der Waals surface area contributed by atoms with E-state index in [0.29, 0.717) is 21.2 Å². The van der Waals surface area contributed by atoms with E-state index in [4.69, 9.17) is 5.73 Å². The Hall–Kier alpha value is -0.0900. The molecule has 1 aromatic rings. The molecule has 0 radical (unpaired) electrons. The second kappa shape index (κ2) is 3.96. The van der Waals surface area contributed by atoms with Gasteiger partial charge in [0.2, 0.25) is 0 Å². The molecule has 0 aliphatic carbocycles. The van der Waals surface area contributed by atoms with Crippen molar-refractivity contribution < 1.29 is 21.2 Å². The normalized spacial score (nSPS) is 23.4. The minimum atomic E-state index is 0.233. The summed E-state index contributed by atoms with van der Waals surface area (Å²) < 4.78 is 2.42. The molecule has 0 bridgehead atoms. The average Bonchev–Trinajstić information content (AvgIpc) is 3.00. The van der Waals surface area contributed by atoms with Gasteiger partial charge in [-0.25, -0.2) is 0 Å². The summed E-state index contributed by atoms with van der Waals surface area (Å²) in [4.78, 5) is 0. The van der Waals surface area contributed by atoms with E-state index < -0.39 is 0 Å². The van der Waals surface area contributed by atoms with Gasteiger partial charge in [-0.05, 0) is 0 Å². The van der Waals surface area contributed by atoms with Crippen molar-refractivity contribution in [2.45, 2.75) is 23.3 Å². The molecule has 2 N–H and O–H groups in total. The van der Waals surface area contributed by atoms with Crippen LogP contribution in [0.5, 0.6) is 0 Å². The third-order valence-electron chi connectivity index (χ3n) is 2.45. The summed E-state index contributed by atoms with van der Waals surface area (Å²) in [7, 11) is 0. The average molecular weight is 288 g/mol. The first-order valence-electron chi connectivity index (χ1n) is 4.74. The summed E-state index contributed by atoms with van der Waals surface area (Å²) in [5.74, 6) is 0. The van der Waals surface area contributed by atoms with Crippen LogP contribution in [0.3, 0.4) is 0 Å². The Morgan fingerprint density at radius 1 is 1.62 bits per heavy atom. The van der Waals surface area contributed by atoms with Crippen LogP contribution in [0.1, 0.15) is 34.4 Å². The summed E-state index contributed by atoms with van der Waals surface area (Å²) in [6.07, 6.45) is 1.03. The van der Waals surface area contributed by atoms with Crippen LogP contribution in [0.25, 0.3) is 0 Å². The van der Waals surface area contributed by atoms with E-state index in [-0.39, 0.29) is 6.04 Å². The Bertz CT molecular complexity index is 294. The van der Waals surface area contributed by atoms with Gasteiger partial charge >= 0.3 is 90.1 Å². The van der Waals surface area contributed by atoms with E-state index in [9.17, 15) is 0 Å². The van der Waals surface area contributed by atoms with Gasteiger partial charge in [-0.1, -0.05) is 0 Å². The van der Waals surface area contributed by atoms with Gasteiger partial charge in [-0.15, -0.1) is 0 Å². The Balaban J connectivity index is 2.21. The third kappa shape index (κ3) is 2.23. The topological polar surface area (TPSA) is 26.0 Å². The molecule has 1 fully saturated rings. The molecule has 0 amide bonds. The fourth-order valence-electron chi connectivity index (χ4n) is 1.44. The van der Waals surface area contributed by atoms with Crippen molar-refractivity contribution >= 4 is 0 Å². The zero-order chi connectivity index (χ0) is 9.26. The SMILES string of the molecule is CCC(N)c1cccc(C2C[I-]2)c1. The van der Waals surface area contributed by atoms with Crippen molar-refractivity contribution in [1.29, 1.82) is 0 Å². The van der Waals surface area contributed by atoms with Gasteiger partial charge in [0.15, 0.2) is 0 Å². The van der Waals surface area contributed by atoms with Crippen LogP contribution in [0, 0.1) is 0 Å². The van der Waals surface area contributed by atoms with E-state index in [1.54, 1.807) is 0 Å². The van der Waals surface area contributed by atoms with Crippen LogP contribution >= 0.6 is 0 Å². The molecule has 72 valence electrons. The van der Waals surface area contributed by atoms with Crippen LogP contribution in [-0.2, 0) is 0 Å². The molecule has 0 aromatic heterocycles. The van der Waals surface area contributed by atoms with Crippen molar-refractivity contribution in [3.63, 3.8) is 0 Å². The number of halogens is 1. The molecule has 0 saturated carbocycles. The zero-order valence-corrected chi connectivity index (χ0v) is 9.99. The summed E-state index contributed by atoms with van der Waals surface area (Å²) >= 11 is 0.518. The Labute approximate surface area is 90.0 Å². The van der Waals surface area contributed by atoms with Crippen molar-refractivity contribution in [1.82, 2.24) is 0 Å². The van der Waals surface area contributed by atoms with Crippen molar-refractivity contribution in [3.8, 4) is 0 Å². The van der Waals surface area contributed by atoms with Crippen molar-refractivity contribution in [2.24, 2.45) is 5.73 Å². The van der Waals surface area contributed by atoms with Gasteiger partial charge in [0.25, 0.3) is 0 Å². The molecule has 1 saturated heterocycles. The number of benzene rings is 1. The monoisotopic (exact) mass is 288 g/mol. The van der Waals surface area contributed by atoms with Gasteiger partial charge in [-0.2, -0.15) is 0 Å². The Morgan fingerprint density at radius 2 is 2.38 bits per heavy atom. The molecule has 2 atom stereocenters. The maximum absolute atomic E-state index is 5.99. The summed E-state index contributed by atoms with van der Waals surface area (Å²) in [5.41, 5.74) is 8.84. The maximum atomic E-state index is 5.99. The molecule has 13 heavy (non-hydrogen) atoms. The summed E-state index contributed by atoms with van der Waals surface area (Å²) in [6, 6.07) is 9.10. The first-order chi connectivity index (χ1) is 6.31. The first kappa shape index (κ1) is 9.46. The number of hydrogen-bond acceptors (Lipinski definition) is 1. The molecular weight excluding hydrogens is 273 g/mol. The number of hydrogen-bond donors (Lipinski definition) is 1. The quantitative estimate of drug-likeness (QED) is 0.574. The minimum absolute atomic E-state index is 0.233. The molecule has 2 heteroatoms. The van der Waals surface area contributed by atoms with Gasteiger partial charge < -0.3 is 0 Å². The first-order valence-corrected chi connectivity index (χ1v) is 7.51. The molecule has 1 nitrogen and oxygen atoms in total.